The van der Waals surface area contributed by atoms with Crippen molar-refractivity contribution in [3.63, 3.8) is 0 Å². The summed E-state index contributed by atoms with van der Waals surface area (Å²) in [5, 5.41) is 9.20. The van der Waals surface area contributed by atoms with Crippen molar-refractivity contribution in [2.75, 3.05) is 31.6 Å². The van der Waals surface area contributed by atoms with Gasteiger partial charge in [0.25, 0.3) is 0 Å². The summed E-state index contributed by atoms with van der Waals surface area (Å²) in [5.41, 5.74) is 1.10. The van der Waals surface area contributed by atoms with Crippen LogP contribution in [0.2, 0.25) is 0 Å². The fourth-order valence-electron chi connectivity index (χ4n) is 3.80. The van der Waals surface area contributed by atoms with Crippen LogP contribution in [0.5, 0.6) is 0 Å². The molecule has 0 spiro atoms. The molecule has 0 radical (unpaired) electrons. The highest BCUT2D eigenvalue weighted by atomic mass is 16.4. The van der Waals surface area contributed by atoms with Crippen LogP contribution in [-0.4, -0.2) is 53.7 Å². The van der Waals surface area contributed by atoms with Gasteiger partial charge in [0.15, 0.2) is 0 Å². The van der Waals surface area contributed by atoms with E-state index in [0.29, 0.717) is 17.5 Å². The number of nitrogens with zero attached hydrogens (tertiary/aromatic N) is 3. The number of piperidine rings is 2. The summed E-state index contributed by atoms with van der Waals surface area (Å²) in [4.78, 5) is 20.5. The third-order valence-corrected chi connectivity index (χ3v) is 4.86. The van der Waals surface area contributed by atoms with Crippen molar-refractivity contribution >= 4 is 11.8 Å². The lowest BCUT2D eigenvalue weighted by Crippen LogP contribution is -2.53. The largest absolute Gasteiger partial charge is 0.478 e. The van der Waals surface area contributed by atoms with Gasteiger partial charge in [-0.05, 0) is 57.8 Å². The molecular formula is C16H23N3O2. The SMILES string of the molecule is Cc1cc(C(=O)O)cc(N2CCC3C(CCCN3C)C2)n1. The summed E-state index contributed by atoms with van der Waals surface area (Å²) >= 11 is 0. The topological polar surface area (TPSA) is 56.7 Å². The van der Waals surface area contributed by atoms with Gasteiger partial charge in [-0.2, -0.15) is 0 Å². The highest BCUT2D eigenvalue weighted by Crippen LogP contribution is 2.31. The van der Waals surface area contributed by atoms with Crippen LogP contribution in [0.4, 0.5) is 5.82 Å². The Hall–Kier alpha value is -1.62. The van der Waals surface area contributed by atoms with Crippen molar-refractivity contribution in [3.8, 4) is 0 Å². The minimum Gasteiger partial charge on any atom is -0.478 e. The van der Waals surface area contributed by atoms with Gasteiger partial charge in [0.2, 0.25) is 0 Å². The molecule has 0 bridgehead atoms. The van der Waals surface area contributed by atoms with Gasteiger partial charge in [0, 0.05) is 24.8 Å². The monoisotopic (exact) mass is 289 g/mol. The van der Waals surface area contributed by atoms with Gasteiger partial charge < -0.3 is 14.9 Å². The Balaban J connectivity index is 1.80. The van der Waals surface area contributed by atoms with Crippen molar-refractivity contribution in [3.05, 3.63) is 23.4 Å². The van der Waals surface area contributed by atoms with E-state index in [2.05, 4.69) is 21.8 Å². The molecule has 2 aliphatic heterocycles. The Bertz CT molecular complexity index is 546. The first-order valence-corrected chi connectivity index (χ1v) is 7.72. The van der Waals surface area contributed by atoms with Gasteiger partial charge in [-0.15, -0.1) is 0 Å². The maximum Gasteiger partial charge on any atom is 0.335 e. The molecule has 21 heavy (non-hydrogen) atoms. The number of aromatic carboxylic acids is 1. The molecule has 1 N–H and O–H groups in total. The van der Waals surface area contributed by atoms with Crippen LogP contribution >= 0.6 is 0 Å². The molecule has 0 aliphatic carbocycles. The van der Waals surface area contributed by atoms with E-state index in [9.17, 15) is 9.90 Å². The molecule has 0 aromatic carbocycles. The first-order valence-electron chi connectivity index (χ1n) is 7.72. The second-order valence-corrected chi connectivity index (χ2v) is 6.35. The van der Waals surface area contributed by atoms with Crippen LogP contribution in [0.15, 0.2) is 12.1 Å². The number of carboxylic acid groups (broad SMARTS) is 1. The predicted octanol–water partition coefficient (Wildman–Crippen LogP) is 2.01. The molecule has 2 aliphatic rings. The van der Waals surface area contributed by atoms with Crippen molar-refractivity contribution in [1.29, 1.82) is 0 Å². The summed E-state index contributed by atoms with van der Waals surface area (Å²) in [6, 6.07) is 4.02. The van der Waals surface area contributed by atoms with E-state index in [0.717, 1.165) is 31.0 Å². The first-order chi connectivity index (χ1) is 10.0. The van der Waals surface area contributed by atoms with Crippen molar-refractivity contribution in [2.45, 2.75) is 32.2 Å². The Morgan fingerprint density at radius 2 is 2.14 bits per heavy atom. The molecule has 1 aromatic rings. The quantitative estimate of drug-likeness (QED) is 0.902. The molecule has 114 valence electrons. The lowest BCUT2D eigenvalue weighted by molar-refractivity contribution is 0.0696. The molecule has 2 fully saturated rings. The van der Waals surface area contributed by atoms with Crippen LogP contribution in [0.25, 0.3) is 0 Å². The van der Waals surface area contributed by atoms with Gasteiger partial charge in [-0.1, -0.05) is 0 Å². The van der Waals surface area contributed by atoms with E-state index in [1.54, 1.807) is 12.1 Å². The van der Waals surface area contributed by atoms with Gasteiger partial charge in [0.05, 0.1) is 5.56 Å². The van der Waals surface area contributed by atoms with Crippen LogP contribution in [0, 0.1) is 12.8 Å². The Morgan fingerprint density at radius 3 is 2.90 bits per heavy atom. The molecule has 2 unspecified atom stereocenters. The fourth-order valence-corrected chi connectivity index (χ4v) is 3.80. The number of anilines is 1. The highest BCUT2D eigenvalue weighted by Gasteiger charge is 2.34. The number of aromatic nitrogens is 1. The highest BCUT2D eigenvalue weighted by molar-refractivity contribution is 5.88. The standard InChI is InChI=1S/C16H23N3O2/c1-11-8-13(16(20)21)9-15(17-11)19-7-5-14-12(10-19)4-3-6-18(14)2/h8-9,12,14H,3-7,10H2,1-2H3,(H,20,21). The summed E-state index contributed by atoms with van der Waals surface area (Å²) < 4.78 is 0. The lowest BCUT2D eigenvalue weighted by atomic mass is 9.84. The van der Waals surface area contributed by atoms with Crippen LogP contribution in [-0.2, 0) is 0 Å². The third-order valence-electron chi connectivity index (χ3n) is 4.86. The summed E-state index contributed by atoms with van der Waals surface area (Å²) in [7, 11) is 2.22. The number of hydrogen-bond acceptors (Lipinski definition) is 4. The van der Waals surface area contributed by atoms with Gasteiger partial charge in [0.1, 0.15) is 5.82 Å². The van der Waals surface area contributed by atoms with Gasteiger partial charge in [-0.25, -0.2) is 9.78 Å². The molecule has 0 amide bonds. The van der Waals surface area contributed by atoms with Crippen molar-refractivity contribution in [1.82, 2.24) is 9.88 Å². The minimum atomic E-state index is -0.881. The maximum absolute atomic E-state index is 11.2. The van der Waals surface area contributed by atoms with E-state index in [4.69, 9.17) is 0 Å². The van der Waals surface area contributed by atoms with E-state index in [1.165, 1.54) is 19.4 Å². The first kappa shape index (κ1) is 14.3. The summed E-state index contributed by atoms with van der Waals surface area (Å²) in [5.74, 6) is 0.612. The maximum atomic E-state index is 11.2. The molecule has 2 saturated heterocycles. The summed E-state index contributed by atoms with van der Waals surface area (Å²) in [6.07, 6.45) is 3.66. The molecular weight excluding hydrogens is 266 g/mol. The minimum absolute atomic E-state index is 0.334. The van der Waals surface area contributed by atoms with E-state index >= 15 is 0 Å². The normalized spacial score (nSPS) is 26.5. The van der Waals surface area contributed by atoms with E-state index < -0.39 is 5.97 Å². The zero-order valence-electron chi connectivity index (χ0n) is 12.7. The average molecular weight is 289 g/mol. The third kappa shape index (κ3) is 2.88. The van der Waals surface area contributed by atoms with Crippen molar-refractivity contribution < 1.29 is 9.90 Å². The van der Waals surface area contributed by atoms with E-state index in [-0.39, 0.29) is 0 Å². The Kier molecular flexibility index (Phi) is 3.85. The second kappa shape index (κ2) is 5.64. The van der Waals surface area contributed by atoms with Crippen LogP contribution < -0.4 is 4.90 Å². The number of carboxylic acids is 1. The number of fused-ring (bicyclic) bond motifs is 1. The Labute approximate surface area is 125 Å². The average Bonchev–Trinajstić information content (AvgIpc) is 2.46. The van der Waals surface area contributed by atoms with Crippen molar-refractivity contribution in [2.24, 2.45) is 5.92 Å². The molecule has 5 nitrogen and oxygen atoms in total. The molecule has 0 saturated carbocycles. The number of likely N-dealkylation sites (tertiary alicyclic amines) is 1. The van der Waals surface area contributed by atoms with Crippen LogP contribution in [0.3, 0.4) is 0 Å². The van der Waals surface area contributed by atoms with Crippen LogP contribution in [0.1, 0.15) is 35.3 Å². The molecule has 3 heterocycles. The second-order valence-electron chi connectivity index (χ2n) is 6.35. The number of rotatable bonds is 2. The summed E-state index contributed by atoms with van der Waals surface area (Å²) in [6.45, 7) is 5.01. The predicted molar refractivity (Wildman–Crippen MR) is 81.9 cm³/mol. The molecule has 2 atom stereocenters. The Morgan fingerprint density at radius 1 is 1.33 bits per heavy atom. The lowest BCUT2D eigenvalue weighted by Gasteiger charge is -2.46. The number of pyridine rings is 1. The van der Waals surface area contributed by atoms with Gasteiger partial charge >= 0.3 is 5.97 Å². The zero-order valence-corrected chi connectivity index (χ0v) is 12.7. The molecule has 3 rings (SSSR count). The number of carbonyl (C=O) groups is 1. The number of hydrogen-bond donors (Lipinski definition) is 1. The van der Waals surface area contributed by atoms with Gasteiger partial charge in [-0.3, -0.25) is 0 Å². The molecule has 5 heteroatoms. The molecule has 1 aromatic heterocycles. The fraction of sp³-hybridized carbons (Fsp3) is 0.625. The number of aryl methyl sites for hydroxylation is 1. The zero-order chi connectivity index (χ0) is 15.0. The van der Waals surface area contributed by atoms with E-state index in [1.807, 2.05) is 6.92 Å². The smallest absolute Gasteiger partial charge is 0.335 e.